The number of amides is 2. The van der Waals surface area contributed by atoms with Gasteiger partial charge in [-0.05, 0) is 44.7 Å². The number of rotatable bonds is 8. The van der Waals surface area contributed by atoms with E-state index in [1.165, 1.54) is 5.56 Å². The Bertz CT molecular complexity index is 594. The Morgan fingerprint density at radius 3 is 2.67 bits per heavy atom. The second-order valence-electron chi connectivity index (χ2n) is 7.51. The Morgan fingerprint density at radius 1 is 1.26 bits per heavy atom. The standard InChI is InChI=1S/C21H33N3O3/c1-3-8-18(15-17-9-5-4-6-10-17)22-21(27)24-13-7-11-19(12-14-24)23(2)16-20(25)26/h4-6,9-10,18-19H,3,7-8,11-16H2,1-2H3,(H,22,27)(H,25,26). The van der Waals surface area contributed by atoms with Gasteiger partial charge in [0.2, 0.25) is 0 Å². The van der Waals surface area contributed by atoms with Gasteiger partial charge in [-0.25, -0.2) is 4.79 Å². The van der Waals surface area contributed by atoms with Crippen molar-refractivity contribution in [2.24, 2.45) is 0 Å². The maximum absolute atomic E-state index is 12.8. The van der Waals surface area contributed by atoms with Crippen LogP contribution in [0, 0.1) is 0 Å². The van der Waals surface area contributed by atoms with Crippen LogP contribution in [0.15, 0.2) is 30.3 Å². The number of likely N-dealkylation sites (tertiary alicyclic amines) is 1. The average Bonchev–Trinajstić information content (AvgIpc) is 2.88. The van der Waals surface area contributed by atoms with Gasteiger partial charge >= 0.3 is 12.0 Å². The summed E-state index contributed by atoms with van der Waals surface area (Å²) in [4.78, 5) is 27.5. The first-order chi connectivity index (χ1) is 13.0. The summed E-state index contributed by atoms with van der Waals surface area (Å²) in [6.45, 7) is 3.59. The predicted molar refractivity (Wildman–Crippen MR) is 107 cm³/mol. The lowest BCUT2D eigenvalue weighted by atomic mass is 10.0. The van der Waals surface area contributed by atoms with E-state index in [0.29, 0.717) is 6.54 Å². The number of hydrogen-bond donors (Lipinski definition) is 2. The number of benzene rings is 1. The van der Waals surface area contributed by atoms with Crippen molar-refractivity contribution in [2.45, 2.75) is 57.5 Å². The maximum Gasteiger partial charge on any atom is 0.317 e. The quantitative estimate of drug-likeness (QED) is 0.733. The highest BCUT2D eigenvalue weighted by molar-refractivity contribution is 5.74. The van der Waals surface area contributed by atoms with Crippen LogP contribution in [0.2, 0.25) is 0 Å². The number of nitrogens with one attached hydrogen (secondary N) is 1. The van der Waals surface area contributed by atoms with Crippen molar-refractivity contribution >= 4 is 12.0 Å². The number of carboxylic acids is 1. The van der Waals surface area contributed by atoms with Gasteiger partial charge in [0, 0.05) is 25.2 Å². The number of aliphatic carboxylic acids is 1. The molecular weight excluding hydrogens is 342 g/mol. The van der Waals surface area contributed by atoms with Gasteiger partial charge < -0.3 is 15.3 Å². The molecule has 1 aliphatic heterocycles. The van der Waals surface area contributed by atoms with E-state index < -0.39 is 5.97 Å². The van der Waals surface area contributed by atoms with Gasteiger partial charge in [0.1, 0.15) is 0 Å². The van der Waals surface area contributed by atoms with Crippen LogP contribution in [-0.2, 0) is 11.2 Å². The van der Waals surface area contributed by atoms with Crippen molar-refractivity contribution in [3.63, 3.8) is 0 Å². The third-order valence-corrected chi connectivity index (χ3v) is 5.28. The highest BCUT2D eigenvalue weighted by atomic mass is 16.4. The smallest absolute Gasteiger partial charge is 0.317 e. The molecular formula is C21H33N3O3. The van der Waals surface area contributed by atoms with Gasteiger partial charge in [-0.1, -0.05) is 43.7 Å². The summed E-state index contributed by atoms with van der Waals surface area (Å²) >= 11 is 0. The molecule has 2 unspecified atom stereocenters. The minimum Gasteiger partial charge on any atom is -0.480 e. The largest absolute Gasteiger partial charge is 0.480 e. The van der Waals surface area contributed by atoms with Crippen molar-refractivity contribution in [3.05, 3.63) is 35.9 Å². The molecule has 27 heavy (non-hydrogen) atoms. The van der Waals surface area contributed by atoms with Crippen molar-refractivity contribution in [3.8, 4) is 0 Å². The normalized spacial score (nSPS) is 18.8. The maximum atomic E-state index is 12.8. The van der Waals surface area contributed by atoms with Gasteiger partial charge in [0.05, 0.1) is 6.54 Å². The van der Waals surface area contributed by atoms with Crippen molar-refractivity contribution in [1.29, 1.82) is 0 Å². The first-order valence-electron chi connectivity index (χ1n) is 10.0. The Balaban J connectivity index is 1.88. The summed E-state index contributed by atoms with van der Waals surface area (Å²) in [6, 6.07) is 10.6. The van der Waals surface area contributed by atoms with Gasteiger partial charge in [0.15, 0.2) is 0 Å². The molecule has 2 rings (SSSR count). The minimum absolute atomic E-state index is 0.00548. The van der Waals surface area contributed by atoms with Crippen LogP contribution < -0.4 is 5.32 Å². The topological polar surface area (TPSA) is 72.9 Å². The van der Waals surface area contributed by atoms with E-state index >= 15 is 0 Å². The molecule has 0 bridgehead atoms. The molecule has 0 spiro atoms. The Hall–Kier alpha value is -2.08. The number of carbonyl (C=O) groups excluding carboxylic acids is 1. The molecule has 2 atom stereocenters. The molecule has 0 aliphatic carbocycles. The summed E-state index contributed by atoms with van der Waals surface area (Å²) in [6.07, 6.45) is 5.47. The van der Waals surface area contributed by atoms with Gasteiger partial charge in [-0.3, -0.25) is 9.69 Å². The zero-order valence-corrected chi connectivity index (χ0v) is 16.6. The molecule has 2 N–H and O–H groups in total. The van der Waals surface area contributed by atoms with Crippen molar-refractivity contribution in [2.75, 3.05) is 26.7 Å². The van der Waals surface area contributed by atoms with Crippen molar-refractivity contribution in [1.82, 2.24) is 15.1 Å². The summed E-state index contributed by atoms with van der Waals surface area (Å²) < 4.78 is 0. The minimum atomic E-state index is -0.806. The average molecular weight is 376 g/mol. The van der Waals surface area contributed by atoms with Crippen LogP contribution in [0.25, 0.3) is 0 Å². The second kappa shape index (κ2) is 10.9. The summed E-state index contributed by atoms with van der Waals surface area (Å²) in [5.41, 5.74) is 1.24. The fourth-order valence-electron chi connectivity index (χ4n) is 3.80. The van der Waals surface area contributed by atoms with Gasteiger partial charge in [0.25, 0.3) is 0 Å². The van der Waals surface area contributed by atoms with E-state index in [4.69, 9.17) is 5.11 Å². The fraction of sp³-hybridized carbons (Fsp3) is 0.619. The Morgan fingerprint density at radius 2 is 2.00 bits per heavy atom. The van der Waals surface area contributed by atoms with Crippen LogP contribution in [0.3, 0.4) is 0 Å². The lowest BCUT2D eigenvalue weighted by Gasteiger charge is -2.27. The molecule has 1 aliphatic rings. The molecule has 0 radical (unpaired) electrons. The molecule has 1 saturated heterocycles. The van der Waals surface area contributed by atoms with Crippen molar-refractivity contribution < 1.29 is 14.7 Å². The molecule has 1 aromatic rings. The monoisotopic (exact) mass is 375 g/mol. The van der Waals surface area contributed by atoms with Crippen LogP contribution in [0.4, 0.5) is 4.79 Å². The molecule has 150 valence electrons. The van der Waals surface area contributed by atoms with E-state index in [2.05, 4.69) is 24.4 Å². The zero-order chi connectivity index (χ0) is 19.6. The molecule has 0 aromatic heterocycles. The van der Waals surface area contributed by atoms with Crippen LogP contribution in [0.1, 0.15) is 44.6 Å². The van der Waals surface area contributed by atoms with Gasteiger partial charge in [-0.15, -0.1) is 0 Å². The van der Waals surface area contributed by atoms with E-state index in [1.54, 1.807) is 0 Å². The van der Waals surface area contributed by atoms with Crippen LogP contribution in [-0.4, -0.2) is 65.7 Å². The van der Waals surface area contributed by atoms with Crippen LogP contribution >= 0.6 is 0 Å². The number of nitrogens with zero attached hydrogens (tertiary/aromatic N) is 2. The Kier molecular flexibility index (Phi) is 8.58. The predicted octanol–water partition coefficient (Wildman–Crippen LogP) is 2.98. The zero-order valence-electron chi connectivity index (χ0n) is 16.6. The molecule has 6 nitrogen and oxygen atoms in total. The summed E-state index contributed by atoms with van der Waals surface area (Å²) in [7, 11) is 1.85. The number of likely N-dealkylation sites (N-methyl/N-ethyl adjacent to an activating group) is 1. The van der Waals surface area contributed by atoms with Crippen LogP contribution in [0.5, 0.6) is 0 Å². The highest BCUT2D eigenvalue weighted by Gasteiger charge is 2.25. The number of urea groups is 1. The lowest BCUT2D eigenvalue weighted by molar-refractivity contribution is -0.138. The van der Waals surface area contributed by atoms with E-state index in [-0.39, 0.29) is 24.7 Å². The van der Waals surface area contributed by atoms with Gasteiger partial charge in [-0.2, -0.15) is 0 Å². The Labute approximate surface area is 162 Å². The molecule has 6 heteroatoms. The molecule has 2 amide bonds. The third-order valence-electron chi connectivity index (χ3n) is 5.28. The summed E-state index contributed by atoms with van der Waals surface area (Å²) in [5.74, 6) is -0.806. The second-order valence-corrected chi connectivity index (χ2v) is 7.51. The van der Waals surface area contributed by atoms with E-state index in [9.17, 15) is 9.59 Å². The first-order valence-corrected chi connectivity index (χ1v) is 10.0. The first kappa shape index (κ1) is 21.2. The number of carbonyl (C=O) groups is 2. The SMILES string of the molecule is CCCC(Cc1ccccc1)NC(=O)N1CCCC(N(C)CC(=O)O)CC1. The molecule has 1 fully saturated rings. The molecule has 1 aromatic carbocycles. The lowest BCUT2D eigenvalue weighted by Crippen LogP contribution is -2.46. The fourth-order valence-corrected chi connectivity index (χ4v) is 3.80. The number of hydrogen-bond acceptors (Lipinski definition) is 3. The highest BCUT2D eigenvalue weighted by Crippen LogP contribution is 2.16. The molecule has 0 saturated carbocycles. The number of carboxylic acid groups (broad SMARTS) is 1. The summed E-state index contributed by atoms with van der Waals surface area (Å²) in [5, 5.41) is 12.2. The van der Waals surface area contributed by atoms with E-state index in [0.717, 1.165) is 45.1 Å². The third kappa shape index (κ3) is 7.21. The van der Waals surface area contributed by atoms with E-state index in [1.807, 2.05) is 35.0 Å². The molecule has 1 heterocycles.